The predicted molar refractivity (Wildman–Crippen MR) is 112 cm³/mol. The summed E-state index contributed by atoms with van der Waals surface area (Å²) in [6.45, 7) is 10.1. The lowest BCUT2D eigenvalue weighted by atomic mass is 10.1. The molecule has 1 aliphatic rings. The van der Waals surface area contributed by atoms with Crippen molar-refractivity contribution in [3.63, 3.8) is 0 Å². The number of hydrogen-bond donors (Lipinski definition) is 3. The second-order valence-corrected chi connectivity index (χ2v) is 7.46. The average molecular weight is 374 g/mol. The Labute approximate surface area is 163 Å². The summed E-state index contributed by atoms with van der Waals surface area (Å²) < 4.78 is 0. The second kappa shape index (κ2) is 10.9. The van der Waals surface area contributed by atoms with Crippen LogP contribution in [0.2, 0.25) is 0 Å². The van der Waals surface area contributed by atoms with Gasteiger partial charge in [0.1, 0.15) is 0 Å². The first-order chi connectivity index (χ1) is 13.0. The Morgan fingerprint density at radius 3 is 2.44 bits per heavy atom. The van der Waals surface area contributed by atoms with Gasteiger partial charge in [-0.25, -0.2) is 4.99 Å². The van der Waals surface area contributed by atoms with E-state index in [1.165, 1.54) is 11.1 Å². The maximum Gasteiger partial charge on any atom is 0.223 e. The molecule has 1 aromatic carbocycles. The van der Waals surface area contributed by atoms with E-state index >= 15 is 0 Å². The third kappa shape index (κ3) is 7.59. The molecule has 0 aromatic heterocycles. The number of guanidine groups is 1. The summed E-state index contributed by atoms with van der Waals surface area (Å²) >= 11 is 0. The zero-order valence-electron chi connectivity index (χ0n) is 17.2. The van der Waals surface area contributed by atoms with Crippen molar-refractivity contribution in [2.24, 2.45) is 10.9 Å². The molecule has 1 amide bonds. The molecule has 0 heterocycles. The number of nitrogens with zero attached hydrogens (tertiary/aromatic N) is 2. The molecule has 2 rings (SSSR count). The normalized spacial score (nSPS) is 14.5. The van der Waals surface area contributed by atoms with E-state index in [4.69, 9.17) is 4.99 Å². The van der Waals surface area contributed by atoms with Crippen molar-refractivity contribution in [1.82, 2.24) is 20.9 Å². The summed E-state index contributed by atoms with van der Waals surface area (Å²) in [5.41, 5.74) is 2.55. The molecule has 6 heteroatoms. The molecule has 150 valence electrons. The van der Waals surface area contributed by atoms with Gasteiger partial charge in [-0.15, -0.1) is 0 Å². The molecule has 0 bridgehead atoms. The number of carbonyl (C=O) groups excluding carboxylic acids is 1. The first-order valence-corrected chi connectivity index (χ1v) is 10.1. The van der Waals surface area contributed by atoms with Crippen LogP contribution in [0.3, 0.4) is 0 Å². The molecule has 1 fully saturated rings. The number of aliphatic imine (C=N–C) groups is 1. The van der Waals surface area contributed by atoms with Gasteiger partial charge < -0.3 is 16.0 Å². The van der Waals surface area contributed by atoms with E-state index in [2.05, 4.69) is 72.9 Å². The molecular weight excluding hydrogens is 338 g/mol. The minimum Gasteiger partial charge on any atom is -0.357 e. The molecule has 1 aliphatic carbocycles. The molecule has 3 N–H and O–H groups in total. The van der Waals surface area contributed by atoms with Crippen LogP contribution in [0, 0.1) is 5.92 Å². The summed E-state index contributed by atoms with van der Waals surface area (Å²) in [6.07, 6.45) is 2.07. The second-order valence-electron chi connectivity index (χ2n) is 7.46. The Balaban J connectivity index is 1.88. The Kier molecular flexibility index (Phi) is 8.58. The Bertz CT molecular complexity index is 625. The van der Waals surface area contributed by atoms with Crippen molar-refractivity contribution >= 4 is 11.9 Å². The van der Waals surface area contributed by atoms with Crippen LogP contribution in [-0.2, 0) is 17.9 Å². The van der Waals surface area contributed by atoms with Gasteiger partial charge in [-0.1, -0.05) is 24.3 Å². The van der Waals surface area contributed by atoms with Crippen LogP contribution in [0.5, 0.6) is 0 Å². The summed E-state index contributed by atoms with van der Waals surface area (Å²) in [4.78, 5) is 18.7. The maximum atomic E-state index is 11.7. The van der Waals surface area contributed by atoms with Crippen LogP contribution in [-0.4, -0.2) is 49.5 Å². The third-order valence-electron chi connectivity index (χ3n) is 4.84. The number of hydrogen-bond acceptors (Lipinski definition) is 3. The van der Waals surface area contributed by atoms with Gasteiger partial charge in [-0.2, -0.15) is 0 Å². The van der Waals surface area contributed by atoms with Gasteiger partial charge in [-0.05, 0) is 51.8 Å². The standard InChI is InChI=1S/C21H35N5O/c1-5-22-21(24-13-12-23-20(27)17-10-11-17)25-14-18-8-6-7-9-19(18)15-26(4)16(2)3/h6-9,16-17H,5,10-15H2,1-4H3,(H,23,27)(H2,22,24,25). The van der Waals surface area contributed by atoms with E-state index in [9.17, 15) is 4.79 Å². The molecule has 0 saturated heterocycles. The van der Waals surface area contributed by atoms with E-state index < -0.39 is 0 Å². The van der Waals surface area contributed by atoms with Crippen molar-refractivity contribution in [3.8, 4) is 0 Å². The largest absolute Gasteiger partial charge is 0.357 e. The first-order valence-electron chi connectivity index (χ1n) is 10.1. The quantitative estimate of drug-likeness (QED) is 0.334. The van der Waals surface area contributed by atoms with Crippen LogP contribution in [0.25, 0.3) is 0 Å². The van der Waals surface area contributed by atoms with E-state index in [-0.39, 0.29) is 11.8 Å². The SMILES string of the molecule is CCNC(=NCc1ccccc1CN(C)C(C)C)NCCNC(=O)C1CC1. The summed E-state index contributed by atoms with van der Waals surface area (Å²) in [6, 6.07) is 8.98. The summed E-state index contributed by atoms with van der Waals surface area (Å²) in [7, 11) is 2.15. The highest BCUT2D eigenvalue weighted by Gasteiger charge is 2.28. The van der Waals surface area contributed by atoms with Gasteiger partial charge in [0, 0.05) is 38.1 Å². The molecule has 6 nitrogen and oxygen atoms in total. The zero-order valence-corrected chi connectivity index (χ0v) is 17.2. The fourth-order valence-electron chi connectivity index (χ4n) is 2.68. The molecule has 0 spiro atoms. The number of rotatable bonds is 10. The molecule has 0 atom stereocenters. The van der Waals surface area contributed by atoms with Crippen LogP contribution in [0.15, 0.2) is 29.3 Å². The van der Waals surface area contributed by atoms with Gasteiger partial charge in [0.15, 0.2) is 5.96 Å². The lowest BCUT2D eigenvalue weighted by Gasteiger charge is -2.22. The van der Waals surface area contributed by atoms with Crippen LogP contribution in [0.4, 0.5) is 0 Å². The zero-order chi connectivity index (χ0) is 19.6. The molecular formula is C21H35N5O. The Morgan fingerprint density at radius 2 is 1.81 bits per heavy atom. The maximum absolute atomic E-state index is 11.7. The van der Waals surface area contributed by atoms with Gasteiger partial charge in [0.25, 0.3) is 0 Å². The molecule has 1 aromatic rings. The molecule has 27 heavy (non-hydrogen) atoms. The monoisotopic (exact) mass is 373 g/mol. The van der Waals surface area contributed by atoms with Gasteiger partial charge >= 0.3 is 0 Å². The topological polar surface area (TPSA) is 68.8 Å². The van der Waals surface area contributed by atoms with Gasteiger partial charge in [0.2, 0.25) is 5.91 Å². The predicted octanol–water partition coefficient (Wildman–Crippen LogP) is 2.11. The minimum atomic E-state index is 0.182. The highest BCUT2D eigenvalue weighted by Crippen LogP contribution is 2.28. The van der Waals surface area contributed by atoms with Crippen molar-refractivity contribution in [1.29, 1.82) is 0 Å². The van der Waals surface area contributed by atoms with Crippen LogP contribution in [0.1, 0.15) is 44.7 Å². The van der Waals surface area contributed by atoms with Crippen molar-refractivity contribution in [2.75, 3.05) is 26.7 Å². The Hall–Kier alpha value is -2.08. The lowest BCUT2D eigenvalue weighted by molar-refractivity contribution is -0.122. The van der Waals surface area contributed by atoms with Gasteiger partial charge in [0.05, 0.1) is 6.54 Å². The highest BCUT2D eigenvalue weighted by atomic mass is 16.2. The fraction of sp³-hybridized carbons (Fsp3) is 0.619. The molecule has 0 unspecified atom stereocenters. The van der Waals surface area contributed by atoms with E-state index in [1.807, 2.05) is 0 Å². The van der Waals surface area contributed by atoms with Crippen LogP contribution < -0.4 is 16.0 Å². The van der Waals surface area contributed by atoms with E-state index in [0.29, 0.717) is 25.7 Å². The summed E-state index contributed by atoms with van der Waals surface area (Å²) in [5, 5.41) is 9.54. The van der Waals surface area contributed by atoms with Crippen molar-refractivity contribution in [3.05, 3.63) is 35.4 Å². The Morgan fingerprint density at radius 1 is 1.15 bits per heavy atom. The fourth-order valence-corrected chi connectivity index (χ4v) is 2.68. The average Bonchev–Trinajstić information content (AvgIpc) is 3.49. The lowest BCUT2D eigenvalue weighted by Crippen LogP contribution is -2.41. The minimum absolute atomic E-state index is 0.182. The van der Waals surface area contributed by atoms with Crippen molar-refractivity contribution < 1.29 is 4.79 Å². The molecule has 0 aliphatic heterocycles. The number of amides is 1. The number of benzene rings is 1. The molecule has 1 saturated carbocycles. The third-order valence-corrected chi connectivity index (χ3v) is 4.84. The highest BCUT2D eigenvalue weighted by molar-refractivity contribution is 5.81. The van der Waals surface area contributed by atoms with E-state index in [1.54, 1.807) is 0 Å². The summed E-state index contributed by atoms with van der Waals surface area (Å²) in [5.74, 6) is 1.22. The molecule has 0 radical (unpaired) electrons. The van der Waals surface area contributed by atoms with E-state index in [0.717, 1.165) is 31.9 Å². The number of carbonyl (C=O) groups is 1. The smallest absolute Gasteiger partial charge is 0.223 e. The first kappa shape index (κ1) is 21.2. The van der Waals surface area contributed by atoms with Crippen LogP contribution >= 0.6 is 0 Å². The van der Waals surface area contributed by atoms with Gasteiger partial charge in [-0.3, -0.25) is 9.69 Å². The van der Waals surface area contributed by atoms with Crippen molar-refractivity contribution in [2.45, 2.75) is 52.7 Å². The number of nitrogens with one attached hydrogen (secondary N) is 3.